The summed E-state index contributed by atoms with van der Waals surface area (Å²) in [4.78, 5) is 45.1. The van der Waals surface area contributed by atoms with Gasteiger partial charge in [-0.1, -0.05) is 19.8 Å². The zero-order valence-electron chi connectivity index (χ0n) is 20.8. The molecule has 2 aromatic carbocycles. The van der Waals surface area contributed by atoms with Gasteiger partial charge >= 0.3 is 5.69 Å². The van der Waals surface area contributed by atoms with Gasteiger partial charge in [0.2, 0.25) is 0 Å². The van der Waals surface area contributed by atoms with E-state index in [1.54, 1.807) is 18.2 Å². The number of fused-ring (bicyclic) bond motifs is 1. The number of benzene rings is 2. The Bertz CT molecular complexity index is 1290. The van der Waals surface area contributed by atoms with Crippen molar-refractivity contribution in [3.63, 3.8) is 0 Å². The molecule has 0 spiro atoms. The van der Waals surface area contributed by atoms with Crippen LogP contribution in [0, 0.1) is 5.82 Å². The van der Waals surface area contributed by atoms with E-state index in [1.165, 1.54) is 16.7 Å². The SMILES string of the molecule is CCCCCn1c(=O)[nH]c2cc(C(=O)NCCCN3CCN(c4ccc(F)cc4)CC3)ccc2c1=O. The van der Waals surface area contributed by atoms with Crippen LogP contribution in [-0.4, -0.2) is 59.6 Å². The molecule has 0 atom stereocenters. The van der Waals surface area contributed by atoms with Crippen LogP contribution < -0.4 is 21.5 Å². The van der Waals surface area contributed by atoms with Gasteiger partial charge in [-0.3, -0.25) is 19.1 Å². The van der Waals surface area contributed by atoms with Gasteiger partial charge in [-0.2, -0.15) is 0 Å². The Balaban J connectivity index is 1.25. The van der Waals surface area contributed by atoms with Crippen molar-refractivity contribution >= 4 is 22.5 Å². The second-order valence-corrected chi connectivity index (χ2v) is 9.27. The Labute approximate surface area is 209 Å². The smallest absolute Gasteiger partial charge is 0.328 e. The van der Waals surface area contributed by atoms with Crippen LogP contribution >= 0.6 is 0 Å². The number of carbonyl (C=O) groups is 1. The zero-order valence-corrected chi connectivity index (χ0v) is 20.8. The van der Waals surface area contributed by atoms with Crippen LogP contribution in [-0.2, 0) is 6.54 Å². The number of halogens is 1. The fourth-order valence-corrected chi connectivity index (χ4v) is 4.61. The first kappa shape index (κ1) is 25.6. The molecule has 2 heterocycles. The van der Waals surface area contributed by atoms with Gasteiger partial charge in [-0.15, -0.1) is 0 Å². The zero-order chi connectivity index (χ0) is 25.5. The van der Waals surface area contributed by atoms with E-state index in [0.717, 1.165) is 64.1 Å². The quantitative estimate of drug-likeness (QED) is 0.422. The number of nitrogens with zero attached hydrogens (tertiary/aromatic N) is 3. The van der Waals surface area contributed by atoms with Crippen molar-refractivity contribution in [3.05, 3.63) is 74.7 Å². The Kier molecular flexibility index (Phi) is 8.53. The predicted octanol–water partition coefficient (Wildman–Crippen LogP) is 2.96. The van der Waals surface area contributed by atoms with Crippen molar-refractivity contribution in [1.29, 1.82) is 0 Å². The third kappa shape index (κ3) is 6.20. The molecule has 1 fully saturated rings. The molecule has 3 aromatic rings. The van der Waals surface area contributed by atoms with Gasteiger partial charge in [-0.25, -0.2) is 9.18 Å². The lowest BCUT2D eigenvalue weighted by Gasteiger charge is -2.36. The summed E-state index contributed by atoms with van der Waals surface area (Å²) in [6.07, 6.45) is 3.55. The Morgan fingerprint density at radius 2 is 1.72 bits per heavy atom. The van der Waals surface area contributed by atoms with Crippen LogP contribution in [0.3, 0.4) is 0 Å². The lowest BCUT2D eigenvalue weighted by atomic mass is 10.1. The molecule has 1 aromatic heterocycles. The summed E-state index contributed by atoms with van der Waals surface area (Å²) in [6, 6.07) is 11.4. The lowest BCUT2D eigenvalue weighted by molar-refractivity contribution is 0.0951. The topological polar surface area (TPSA) is 90.4 Å². The number of aromatic nitrogens is 2. The molecular weight excluding hydrogens is 461 g/mol. The van der Waals surface area contributed by atoms with Crippen LogP contribution in [0.1, 0.15) is 43.0 Å². The number of amides is 1. The summed E-state index contributed by atoms with van der Waals surface area (Å²) in [7, 11) is 0. The largest absolute Gasteiger partial charge is 0.369 e. The van der Waals surface area contributed by atoms with E-state index < -0.39 is 5.69 Å². The summed E-state index contributed by atoms with van der Waals surface area (Å²) >= 11 is 0. The van der Waals surface area contributed by atoms with Gasteiger partial charge in [0.15, 0.2) is 0 Å². The number of carbonyl (C=O) groups excluding carboxylic acids is 1. The Morgan fingerprint density at radius 3 is 2.44 bits per heavy atom. The van der Waals surface area contributed by atoms with Gasteiger partial charge < -0.3 is 15.2 Å². The lowest BCUT2D eigenvalue weighted by Crippen LogP contribution is -2.47. The molecular formula is C27H34FN5O3. The van der Waals surface area contributed by atoms with Crippen molar-refractivity contribution in [2.24, 2.45) is 0 Å². The molecule has 0 radical (unpaired) electrons. The number of nitrogens with one attached hydrogen (secondary N) is 2. The molecule has 4 rings (SSSR count). The predicted molar refractivity (Wildman–Crippen MR) is 140 cm³/mol. The molecule has 0 aliphatic carbocycles. The molecule has 0 bridgehead atoms. The third-order valence-electron chi connectivity index (χ3n) is 6.73. The summed E-state index contributed by atoms with van der Waals surface area (Å²) in [6.45, 7) is 7.46. The number of rotatable bonds is 10. The van der Waals surface area contributed by atoms with E-state index in [-0.39, 0.29) is 17.3 Å². The molecule has 1 saturated heterocycles. The number of unbranched alkanes of at least 4 members (excludes halogenated alkanes) is 2. The first-order valence-corrected chi connectivity index (χ1v) is 12.7. The standard InChI is InChI=1S/C27H34FN5O3/c1-2-3-4-14-33-26(35)23-11-6-20(19-24(23)30-27(33)36)25(34)29-12-5-13-31-15-17-32(18-16-31)22-9-7-21(28)8-10-22/h6-11,19H,2-5,12-18H2,1H3,(H,29,34)(H,30,36). The number of hydrogen-bond acceptors (Lipinski definition) is 5. The molecule has 36 heavy (non-hydrogen) atoms. The fraction of sp³-hybridized carbons (Fsp3) is 0.444. The maximum Gasteiger partial charge on any atom is 0.328 e. The monoisotopic (exact) mass is 495 g/mol. The van der Waals surface area contributed by atoms with Gasteiger partial charge in [-0.05, 0) is 61.9 Å². The van der Waals surface area contributed by atoms with E-state index in [1.807, 2.05) is 12.1 Å². The first-order valence-electron chi connectivity index (χ1n) is 12.7. The molecule has 192 valence electrons. The number of H-pyrrole nitrogens is 1. The molecule has 1 aliphatic rings. The van der Waals surface area contributed by atoms with Gasteiger partial charge in [0.05, 0.1) is 10.9 Å². The number of piperazine rings is 1. The van der Waals surface area contributed by atoms with Crippen LogP contribution in [0.2, 0.25) is 0 Å². The Hall–Kier alpha value is -3.46. The maximum atomic E-state index is 13.1. The molecule has 1 aliphatic heterocycles. The molecule has 0 saturated carbocycles. The normalized spacial score (nSPS) is 14.3. The van der Waals surface area contributed by atoms with E-state index in [4.69, 9.17) is 0 Å². The Morgan fingerprint density at radius 1 is 0.972 bits per heavy atom. The van der Waals surface area contributed by atoms with Crippen molar-refractivity contribution < 1.29 is 9.18 Å². The second kappa shape index (κ2) is 12.0. The van der Waals surface area contributed by atoms with Crippen LogP contribution in [0.25, 0.3) is 10.9 Å². The highest BCUT2D eigenvalue weighted by Gasteiger charge is 2.17. The van der Waals surface area contributed by atoms with Gasteiger partial charge in [0.25, 0.3) is 11.5 Å². The van der Waals surface area contributed by atoms with Crippen molar-refractivity contribution in [3.8, 4) is 0 Å². The second-order valence-electron chi connectivity index (χ2n) is 9.27. The molecule has 2 N–H and O–H groups in total. The fourth-order valence-electron chi connectivity index (χ4n) is 4.61. The highest BCUT2D eigenvalue weighted by molar-refractivity contribution is 5.97. The summed E-state index contributed by atoms with van der Waals surface area (Å²) in [5.74, 6) is -0.455. The third-order valence-corrected chi connectivity index (χ3v) is 6.73. The minimum atomic E-state index is -0.444. The molecule has 0 unspecified atom stereocenters. The van der Waals surface area contributed by atoms with Crippen LogP contribution in [0.4, 0.5) is 10.1 Å². The average Bonchev–Trinajstić information content (AvgIpc) is 2.89. The summed E-state index contributed by atoms with van der Waals surface area (Å²) < 4.78 is 14.4. The highest BCUT2D eigenvalue weighted by atomic mass is 19.1. The highest BCUT2D eigenvalue weighted by Crippen LogP contribution is 2.17. The minimum Gasteiger partial charge on any atom is -0.369 e. The van der Waals surface area contributed by atoms with Crippen molar-refractivity contribution in [2.75, 3.05) is 44.2 Å². The average molecular weight is 496 g/mol. The summed E-state index contributed by atoms with van der Waals surface area (Å²) in [5.41, 5.74) is 1.06. The van der Waals surface area contributed by atoms with Gasteiger partial charge in [0, 0.05) is 50.5 Å². The van der Waals surface area contributed by atoms with E-state index in [2.05, 4.69) is 27.0 Å². The number of hydrogen-bond donors (Lipinski definition) is 2. The van der Waals surface area contributed by atoms with Crippen LogP contribution in [0.15, 0.2) is 52.1 Å². The van der Waals surface area contributed by atoms with E-state index in [0.29, 0.717) is 29.6 Å². The maximum absolute atomic E-state index is 13.1. The van der Waals surface area contributed by atoms with Crippen molar-refractivity contribution in [2.45, 2.75) is 39.2 Å². The first-order chi connectivity index (χ1) is 17.5. The molecule has 1 amide bonds. The number of aromatic amines is 1. The van der Waals surface area contributed by atoms with E-state index in [9.17, 15) is 18.8 Å². The molecule has 9 heteroatoms. The minimum absolute atomic E-state index is 0.225. The van der Waals surface area contributed by atoms with Crippen molar-refractivity contribution in [1.82, 2.24) is 19.8 Å². The van der Waals surface area contributed by atoms with Crippen LogP contribution in [0.5, 0.6) is 0 Å². The van der Waals surface area contributed by atoms with Gasteiger partial charge in [0.1, 0.15) is 5.82 Å². The molecule has 8 nitrogen and oxygen atoms in total. The number of anilines is 1. The van der Waals surface area contributed by atoms with E-state index >= 15 is 0 Å². The summed E-state index contributed by atoms with van der Waals surface area (Å²) in [5, 5.41) is 3.34.